The topological polar surface area (TPSA) is 42.6 Å². The van der Waals surface area contributed by atoms with Crippen molar-refractivity contribution in [2.45, 2.75) is 19.8 Å². The van der Waals surface area contributed by atoms with E-state index >= 15 is 0 Å². The summed E-state index contributed by atoms with van der Waals surface area (Å²) in [4.78, 5) is 0. The summed E-state index contributed by atoms with van der Waals surface area (Å²) in [6.45, 7) is 4.02. The number of methoxy groups -OCH3 is 1. The van der Waals surface area contributed by atoms with Gasteiger partial charge in [0.1, 0.15) is 5.76 Å². The molecule has 0 spiro atoms. The number of rotatable bonds is 3. The first-order valence-electron chi connectivity index (χ1n) is 5.34. The van der Waals surface area contributed by atoms with Crippen molar-refractivity contribution >= 4 is 11.0 Å². The van der Waals surface area contributed by atoms with E-state index in [0.29, 0.717) is 0 Å². The lowest BCUT2D eigenvalue weighted by Gasteiger charge is -2.10. The largest absolute Gasteiger partial charge is 0.493 e. The van der Waals surface area contributed by atoms with Crippen LogP contribution in [0.2, 0.25) is 0 Å². The first-order chi connectivity index (χ1) is 7.65. The van der Waals surface area contributed by atoms with Crippen molar-refractivity contribution in [3.63, 3.8) is 0 Å². The molecule has 0 amide bonds. The first kappa shape index (κ1) is 11.0. The summed E-state index contributed by atoms with van der Waals surface area (Å²) in [5.41, 5.74) is 1.83. The number of aliphatic hydroxyl groups excluding tert-OH is 1. The molecule has 0 saturated heterocycles. The van der Waals surface area contributed by atoms with Crippen LogP contribution in [0.15, 0.2) is 22.6 Å². The molecule has 1 aromatic heterocycles. The highest BCUT2D eigenvalue weighted by molar-refractivity contribution is 5.84. The fourth-order valence-corrected chi connectivity index (χ4v) is 1.81. The zero-order valence-corrected chi connectivity index (χ0v) is 9.78. The number of furan rings is 1. The molecule has 2 aromatic rings. The van der Waals surface area contributed by atoms with E-state index < -0.39 is 0 Å². The fourth-order valence-electron chi connectivity index (χ4n) is 1.81. The first-order valence-corrected chi connectivity index (χ1v) is 5.34. The number of hydrogen-bond acceptors (Lipinski definition) is 3. The monoisotopic (exact) mass is 220 g/mol. The maximum Gasteiger partial charge on any atom is 0.176 e. The molecular formula is C13H16O3. The third-order valence-electron chi connectivity index (χ3n) is 2.79. The van der Waals surface area contributed by atoms with E-state index in [4.69, 9.17) is 14.3 Å². The van der Waals surface area contributed by atoms with E-state index in [2.05, 4.69) is 0 Å². The summed E-state index contributed by atoms with van der Waals surface area (Å²) in [7, 11) is 1.63. The molecule has 0 fully saturated rings. The van der Waals surface area contributed by atoms with Crippen molar-refractivity contribution in [1.29, 1.82) is 0 Å². The number of ether oxygens (including phenoxy) is 1. The molecule has 0 bridgehead atoms. The Kier molecular flexibility index (Phi) is 2.88. The van der Waals surface area contributed by atoms with Gasteiger partial charge < -0.3 is 14.3 Å². The average Bonchev–Trinajstić information content (AvgIpc) is 2.66. The molecule has 1 atom stereocenters. The van der Waals surface area contributed by atoms with Gasteiger partial charge in [-0.25, -0.2) is 0 Å². The quantitative estimate of drug-likeness (QED) is 0.864. The van der Waals surface area contributed by atoms with Gasteiger partial charge in [0.2, 0.25) is 0 Å². The summed E-state index contributed by atoms with van der Waals surface area (Å²) in [6, 6.07) is 5.94. The van der Waals surface area contributed by atoms with Crippen LogP contribution in [0.4, 0.5) is 0 Å². The molecule has 16 heavy (non-hydrogen) atoms. The van der Waals surface area contributed by atoms with Crippen LogP contribution in [0.3, 0.4) is 0 Å². The molecule has 86 valence electrons. The standard InChI is InChI=1S/C13H16O3/c1-8(7-14)10-5-11-4-9(2)16-13(11)12(6-10)15-3/h4-6,8,14H,7H2,1-3H3. The Morgan fingerprint density at radius 3 is 2.75 bits per heavy atom. The van der Waals surface area contributed by atoms with Crippen LogP contribution in [-0.4, -0.2) is 18.8 Å². The van der Waals surface area contributed by atoms with E-state index in [9.17, 15) is 0 Å². The second kappa shape index (κ2) is 4.18. The molecule has 0 aliphatic carbocycles. The number of hydrogen-bond donors (Lipinski definition) is 1. The summed E-state index contributed by atoms with van der Waals surface area (Å²) in [5, 5.41) is 10.2. The maximum absolute atomic E-state index is 9.16. The van der Waals surface area contributed by atoms with Gasteiger partial charge in [0.25, 0.3) is 0 Å². The minimum atomic E-state index is 0.105. The smallest absolute Gasteiger partial charge is 0.176 e. The molecule has 0 aliphatic rings. The normalized spacial score (nSPS) is 13.0. The molecule has 0 radical (unpaired) electrons. The second-order valence-electron chi connectivity index (χ2n) is 4.08. The van der Waals surface area contributed by atoms with Crippen LogP contribution in [-0.2, 0) is 0 Å². The number of aryl methyl sites for hydroxylation is 1. The molecule has 3 nitrogen and oxygen atoms in total. The van der Waals surface area contributed by atoms with Gasteiger partial charge in [0.05, 0.1) is 7.11 Å². The molecule has 1 heterocycles. The third kappa shape index (κ3) is 1.78. The Bertz CT molecular complexity index is 499. The van der Waals surface area contributed by atoms with Crippen molar-refractivity contribution in [1.82, 2.24) is 0 Å². The predicted molar refractivity (Wildman–Crippen MR) is 63.0 cm³/mol. The Labute approximate surface area is 94.6 Å². The number of fused-ring (bicyclic) bond motifs is 1. The Morgan fingerprint density at radius 2 is 2.12 bits per heavy atom. The van der Waals surface area contributed by atoms with Gasteiger partial charge in [-0.1, -0.05) is 6.92 Å². The van der Waals surface area contributed by atoms with Crippen molar-refractivity contribution < 1.29 is 14.3 Å². The lowest BCUT2D eigenvalue weighted by molar-refractivity contribution is 0.273. The van der Waals surface area contributed by atoms with Gasteiger partial charge in [0, 0.05) is 17.9 Å². The van der Waals surface area contributed by atoms with Crippen LogP contribution in [0, 0.1) is 6.92 Å². The minimum absolute atomic E-state index is 0.105. The van der Waals surface area contributed by atoms with Gasteiger partial charge >= 0.3 is 0 Å². The minimum Gasteiger partial charge on any atom is -0.493 e. The van der Waals surface area contributed by atoms with E-state index in [1.165, 1.54) is 0 Å². The van der Waals surface area contributed by atoms with Crippen LogP contribution in [0.1, 0.15) is 24.2 Å². The SMILES string of the molecule is COc1cc(C(C)CO)cc2cc(C)oc12. The van der Waals surface area contributed by atoms with Crippen LogP contribution < -0.4 is 4.74 Å². The average molecular weight is 220 g/mol. The lowest BCUT2D eigenvalue weighted by Crippen LogP contribution is -1.99. The molecule has 1 unspecified atom stereocenters. The Balaban J connectivity index is 2.62. The van der Waals surface area contributed by atoms with Gasteiger partial charge in [-0.2, -0.15) is 0 Å². The van der Waals surface area contributed by atoms with E-state index in [-0.39, 0.29) is 12.5 Å². The van der Waals surface area contributed by atoms with Crippen molar-refractivity contribution in [3.8, 4) is 5.75 Å². The van der Waals surface area contributed by atoms with E-state index in [1.807, 2.05) is 32.0 Å². The van der Waals surface area contributed by atoms with E-state index in [0.717, 1.165) is 28.0 Å². The van der Waals surface area contributed by atoms with Gasteiger partial charge in [-0.05, 0) is 30.7 Å². The zero-order valence-electron chi connectivity index (χ0n) is 9.78. The lowest BCUT2D eigenvalue weighted by atomic mass is 10.0. The molecule has 3 heteroatoms. The Morgan fingerprint density at radius 1 is 1.38 bits per heavy atom. The van der Waals surface area contributed by atoms with Gasteiger partial charge in [-0.3, -0.25) is 0 Å². The van der Waals surface area contributed by atoms with Crippen molar-refractivity contribution in [2.75, 3.05) is 13.7 Å². The van der Waals surface area contributed by atoms with Crippen molar-refractivity contribution in [3.05, 3.63) is 29.5 Å². The van der Waals surface area contributed by atoms with Crippen LogP contribution >= 0.6 is 0 Å². The summed E-state index contributed by atoms with van der Waals surface area (Å²) in [6.07, 6.45) is 0. The third-order valence-corrected chi connectivity index (χ3v) is 2.79. The zero-order chi connectivity index (χ0) is 11.7. The summed E-state index contributed by atoms with van der Waals surface area (Å²) >= 11 is 0. The molecule has 0 aliphatic heterocycles. The summed E-state index contributed by atoms with van der Waals surface area (Å²) in [5.74, 6) is 1.69. The predicted octanol–water partition coefficient (Wildman–Crippen LogP) is 2.85. The van der Waals surface area contributed by atoms with Crippen molar-refractivity contribution in [2.24, 2.45) is 0 Å². The van der Waals surface area contributed by atoms with Gasteiger partial charge in [-0.15, -0.1) is 0 Å². The molecule has 2 rings (SSSR count). The number of aliphatic hydroxyl groups is 1. The Hall–Kier alpha value is -1.48. The molecular weight excluding hydrogens is 204 g/mol. The van der Waals surface area contributed by atoms with Crippen LogP contribution in [0.25, 0.3) is 11.0 Å². The number of benzene rings is 1. The second-order valence-corrected chi connectivity index (χ2v) is 4.08. The van der Waals surface area contributed by atoms with Gasteiger partial charge in [0.15, 0.2) is 11.3 Å². The van der Waals surface area contributed by atoms with E-state index in [1.54, 1.807) is 7.11 Å². The highest BCUT2D eigenvalue weighted by Gasteiger charge is 2.12. The maximum atomic E-state index is 9.16. The summed E-state index contributed by atoms with van der Waals surface area (Å²) < 4.78 is 10.9. The molecule has 1 N–H and O–H groups in total. The highest BCUT2D eigenvalue weighted by Crippen LogP contribution is 2.32. The molecule has 1 aromatic carbocycles. The highest BCUT2D eigenvalue weighted by atomic mass is 16.5. The molecule has 0 saturated carbocycles. The fraction of sp³-hybridized carbons (Fsp3) is 0.385. The van der Waals surface area contributed by atoms with Crippen LogP contribution in [0.5, 0.6) is 5.75 Å².